The highest BCUT2D eigenvalue weighted by Crippen LogP contribution is 2.41. The molecular weight excluding hydrogens is 415 g/mol. The molecular formula is C21H26F3N3O4. The highest BCUT2D eigenvalue weighted by Gasteiger charge is 2.43. The summed E-state index contributed by atoms with van der Waals surface area (Å²) in [6.45, 7) is 5.34. The number of nitrogens with zero attached hydrogens (tertiary/aromatic N) is 2. The molecule has 0 saturated carbocycles. The number of hydrogen-bond acceptors (Lipinski definition) is 6. The monoisotopic (exact) mass is 441 g/mol. The number of nitrogens with one attached hydrogen (secondary N) is 1. The van der Waals surface area contributed by atoms with Gasteiger partial charge in [0.15, 0.2) is 6.10 Å². The second-order valence-electron chi connectivity index (χ2n) is 6.74. The summed E-state index contributed by atoms with van der Waals surface area (Å²) in [5, 5.41) is 12.1. The molecule has 2 rings (SSSR count). The summed E-state index contributed by atoms with van der Waals surface area (Å²) in [5.74, 6) is -1.33. The molecule has 170 valence electrons. The smallest absolute Gasteiger partial charge is 0.418 e. The van der Waals surface area contributed by atoms with Crippen LogP contribution in [0.5, 0.6) is 6.01 Å². The minimum Gasteiger partial charge on any atom is -0.481 e. The lowest BCUT2D eigenvalue weighted by Crippen LogP contribution is -2.24. The lowest BCUT2D eigenvalue weighted by atomic mass is 9.91. The van der Waals surface area contributed by atoms with E-state index in [1.54, 1.807) is 6.92 Å². The zero-order valence-corrected chi connectivity index (χ0v) is 17.6. The van der Waals surface area contributed by atoms with Crippen molar-refractivity contribution in [3.05, 3.63) is 41.7 Å². The fraction of sp³-hybridized carbons (Fsp3) is 0.476. The first-order valence-corrected chi connectivity index (χ1v) is 9.95. The Labute approximate surface area is 178 Å². The van der Waals surface area contributed by atoms with Gasteiger partial charge < -0.3 is 19.9 Å². The quantitative estimate of drug-likeness (QED) is 0.493. The highest BCUT2D eigenvalue weighted by atomic mass is 19.4. The Morgan fingerprint density at radius 2 is 1.84 bits per heavy atom. The molecule has 0 fully saturated rings. The van der Waals surface area contributed by atoms with Crippen LogP contribution in [0.1, 0.15) is 56.8 Å². The van der Waals surface area contributed by atoms with E-state index >= 15 is 0 Å². The molecule has 0 bridgehead atoms. The van der Waals surface area contributed by atoms with E-state index in [-0.39, 0.29) is 36.2 Å². The van der Waals surface area contributed by atoms with E-state index in [2.05, 4.69) is 15.3 Å². The van der Waals surface area contributed by atoms with Gasteiger partial charge in [0.25, 0.3) is 0 Å². The number of carbonyl (C=O) groups is 1. The Balaban J connectivity index is 2.49. The summed E-state index contributed by atoms with van der Waals surface area (Å²) in [6.07, 6.45) is -3.59. The van der Waals surface area contributed by atoms with Gasteiger partial charge in [-0.15, -0.1) is 0 Å². The van der Waals surface area contributed by atoms with Crippen molar-refractivity contribution in [2.75, 3.05) is 18.5 Å². The van der Waals surface area contributed by atoms with Gasteiger partial charge in [-0.3, -0.25) is 4.79 Å². The minimum absolute atomic E-state index is 0.114. The van der Waals surface area contributed by atoms with Crippen LogP contribution in [0.4, 0.5) is 24.5 Å². The highest BCUT2D eigenvalue weighted by molar-refractivity contribution is 5.69. The van der Waals surface area contributed by atoms with Crippen molar-refractivity contribution in [3.63, 3.8) is 0 Å². The summed E-state index contributed by atoms with van der Waals surface area (Å²) in [5.41, 5.74) is 0.994. The van der Waals surface area contributed by atoms with E-state index in [0.29, 0.717) is 24.3 Å². The van der Waals surface area contributed by atoms with Crippen molar-refractivity contribution in [2.45, 2.75) is 51.8 Å². The summed E-state index contributed by atoms with van der Waals surface area (Å²) >= 11 is 0. The number of rotatable bonds is 11. The first kappa shape index (κ1) is 24.4. The van der Waals surface area contributed by atoms with Crippen LogP contribution in [-0.4, -0.2) is 40.4 Å². The zero-order chi connectivity index (χ0) is 23.0. The van der Waals surface area contributed by atoms with Crippen molar-refractivity contribution in [3.8, 4) is 6.01 Å². The number of alkyl halides is 3. The molecule has 0 amide bonds. The summed E-state index contributed by atoms with van der Waals surface area (Å²) < 4.78 is 51.2. The molecule has 0 aliphatic heterocycles. The number of hydrogen-bond donors (Lipinski definition) is 2. The maximum atomic E-state index is 13.7. The molecule has 2 atom stereocenters. The lowest BCUT2D eigenvalue weighted by Gasteiger charge is -2.25. The average molecular weight is 441 g/mol. The Bertz CT molecular complexity index is 860. The number of anilines is 2. The third-order valence-electron chi connectivity index (χ3n) is 4.56. The number of aliphatic carboxylic acids is 1. The van der Waals surface area contributed by atoms with Gasteiger partial charge >= 0.3 is 18.2 Å². The Morgan fingerprint density at radius 3 is 2.35 bits per heavy atom. The molecule has 0 spiro atoms. The number of carboxylic acid groups (broad SMARTS) is 1. The van der Waals surface area contributed by atoms with Crippen molar-refractivity contribution in [2.24, 2.45) is 0 Å². The van der Waals surface area contributed by atoms with Crippen molar-refractivity contribution >= 4 is 17.3 Å². The Morgan fingerprint density at radius 1 is 1.16 bits per heavy atom. The molecule has 0 aliphatic rings. The number of ether oxygens (including phenoxy) is 2. The number of carboxylic acids is 1. The van der Waals surface area contributed by atoms with Crippen molar-refractivity contribution < 1.29 is 32.5 Å². The predicted octanol–water partition coefficient (Wildman–Crippen LogP) is 5.23. The number of benzene rings is 1. The second kappa shape index (κ2) is 10.9. The molecule has 0 aliphatic carbocycles. The minimum atomic E-state index is -4.63. The zero-order valence-electron chi connectivity index (χ0n) is 17.6. The fourth-order valence-corrected chi connectivity index (χ4v) is 3.14. The molecule has 0 saturated heterocycles. The van der Waals surface area contributed by atoms with E-state index in [1.165, 1.54) is 37.5 Å². The topological polar surface area (TPSA) is 93.6 Å². The van der Waals surface area contributed by atoms with Crippen LogP contribution in [0.3, 0.4) is 0 Å². The third kappa shape index (κ3) is 6.81. The molecule has 1 aromatic carbocycles. The maximum absolute atomic E-state index is 13.7. The summed E-state index contributed by atoms with van der Waals surface area (Å²) in [7, 11) is 0. The molecule has 1 heterocycles. The third-order valence-corrected chi connectivity index (χ3v) is 4.56. The van der Waals surface area contributed by atoms with Crippen LogP contribution in [0.15, 0.2) is 30.6 Å². The largest absolute Gasteiger partial charge is 0.481 e. The van der Waals surface area contributed by atoms with Crippen molar-refractivity contribution in [1.29, 1.82) is 0 Å². The van der Waals surface area contributed by atoms with Gasteiger partial charge in [0.1, 0.15) is 0 Å². The molecule has 2 N–H and O–H groups in total. The number of halogens is 3. The lowest BCUT2D eigenvalue weighted by molar-refractivity contribution is -0.222. The van der Waals surface area contributed by atoms with E-state index in [4.69, 9.17) is 14.6 Å². The molecule has 31 heavy (non-hydrogen) atoms. The van der Waals surface area contributed by atoms with Gasteiger partial charge in [-0.2, -0.15) is 13.2 Å². The summed E-state index contributed by atoms with van der Waals surface area (Å²) in [4.78, 5) is 19.2. The van der Waals surface area contributed by atoms with E-state index in [1.807, 2.05) is 6.92 Å². The van der Waals surface area contributed by atoms with E-state index in [0.717, 1.165) is 0 Å². The van der Waals surface area contributed by atoms with Crippen LogP contribution >= 0.6 is 0 Å². The summed E-state index contributed by atoms with van der Waals surface area (Å²) in [6, 6.07) is 4.52. The first-order chi connectivity index (χ1) is 14.7. The van der Waals surface area contributed by atoms with Crippen LogP contribution in [-0.2, 0) is 9.53 Å². The Hall–Kier alpha value is -2.88. The fourth-order valence-electron chi connectivity index (χ4n) is 3.14. The van der Waals surface area contributed by atoms with E-state index in [9.17, 15) is 18.0 Å². The van der Waals surface area contributed by atoms with Gasteiger partial charge in [0.05, 0.1) is 31.1 Å². The van der Waals surface area contributed by atoms with Crippen LogP contribution < -0.4 is 10.1 Å². The van der Waals surface area contributed by atoms with Gasteiger partial charge in [-0.05, 0) is 37.8 Å². The SMILES string of the molecule is CCOc1ncc(Nc2cc([C@H](CC)CC(=O)O)ccc2[C@H](OCC)C(F)(F)F)cn1. The average Bonchev–Trinajstić information content (AvgIpc) is 2.71. The van der Waals surface area contributed by atoms with Gasteiger partial charge in [-0.1, -0.05) is 19.1 Å². The second-order valence-corrected chi connectivity index (χ2v) is 6.74. The Kier molecular flexibility index (Phi) is 8.61. The van der Waals surface area contributed by atoms with Crippen LogP contribution in [0, 0.1) is 0 Å². The number of aromatic nitrogens is 2. The maximum Gasteiger partial charge on any atom is 0.418 e. The molecule has 0 unspecified atom stereocenters. The van der Waals surface area contributed by atoms with E-state index < -0.39 is 18.2 Å². The van der Waals surface area contributed by atoms with Crippen LogP contribution in [0.2, 0.25) is 0 Å². The van der Waals surface area contributed by atoms with Gasteiger partial charge in [-0.25, -0.2) is 9.97 Å². The molecule has 7 nitrogen and oxygen atoms in total. The molecule has 10 heteroatoms. The predicted molar refractivity (Wildman–Crippen MR) is 109 cm³/mol. The first-order valence-electron chi connectivity index (χ1n) is 9.95. The van der Waals surface area contributed by atoms with Crippen LogP contribution in [0.25, 0.3) is 0 Å². The van der Waals surface area contributed by atoms with Gasteiger partial charge in [0, 0.05) is 17.9 Å². The molecule has 0 radical (unpaired) electrons. The van der Waals surface area contributed by atoms with Crippen molar-refractivity contribution in [1.82, 2.24) is 9.97 Å². The standard InChI is InChI=1S/C21H26F3N3O4/c1-4-13(10-18(28)29)14-7-8-16(19(30-5-2)21(22,23)24)17(9-14)27-15-11-25-20(26-12-15)31-6-3/h7-9,11-13,19,27H,4-6,10H2,1-3H3,(H,28,29)/t13-,19+/m1/s1. The van der Waals surface area contributed by atoms with Gasteiger partial charge in [0.2, 0.25) is 0 Å². The normalized spacial score (nSPS) is 13.5. The molecule has 1 aromatic heterocycles. The molecule has 2 aromatic rings.